The van der Waals surface area contributed by atoms with E-state index in [9.17, 15) is 19.2 Å². The van der Waals surface area contributed by atoms with Crippen LogP contribution in [0.2, 0.25) is 0 Å². The number of nitrogens with one attached hydrogen (secondary N) is 2. The standard InChI is InChI=1S/C27H28ClN3O5/c1-2-15-36-27(35)20-13-6-7-14-21(20)31-25(33)22(28)23(26(31)34)29-19-12-8-9-17(16-19)24(32)30-18-10-4-3-5-11-18/h6-9,12-14,16,18,29H,2-5,10-11,15H2,1H3,(H,30,32). The second kappa shape index (κ2) is 11.4. The lowest BCUT2D eigenvalue weighted by atomic mass is 9.95. The fourth-order valence-corrected chi connectivity index (χ4v) is 4.55. The Kier molecular flexibility index (Phi) is 8.05. The summed E-state index contributed by atoms with van der Waals surface area (Å²) in [5.41, 5.74) is 0.894. The highest BCUT2D eigenvalue weighted by atomic mass is 35.5. The Morgan fingerprint density at radius 1 is 1.03 bits per heavy atom. The molecule has 36 heavy (non-hydrogen) atoms. The van der Waals surface area contributed by atoms with Crippen LogP contribution in [0.1, 0.15) is 66.2 Å². The number of carbonyl (C=O) groups is 4. The van der Waals surface area contributed by atoms with Crippen LogP contribution in [0.25, 0.3) is 0 Å². The van der Waals surface area contributed by atoms with E-state index in [0.29, 0.717) is 17.7 Å². The molecular weight excluding hydrogens is 482 g/mol. The zero-order chi connectivity index (χ0) is 25.7. The molecule has 0 unspecified atom stereocenters. The van der Waals surface area contributed by atoms with Crippen molar-refractivity contribution in [2.75, 3.05) is 16.8 Å². The number of hydrogen-bond acceptors (Lipinski definition) is 6. The molecular formula is C27H28ClN3O5. The Hall–Kier alpha value is -3.65. The predicted octanol–water partition coefficient (Wildman–Crippen LogP) is 4.75. The summed E-state index contributed by atoms with van der Waals surface area (Å²) >= 11 is 6.27. The summed E-state index contributed by atoms with van der Waals surface area (Å²) in [7, 11) is 0. The van der Waals surface area contributed by atoms with Crippen LogP contribution in [0.3, 0.4) is 0 Å². The molecule has 1 fully saturated rings. The van der Waals surface area contributed by atoms with Crippen LogP contribution >= 0.6 is 11.6 Å². The lowest BCUT2D eigenvalue weighted by Gasteiger charge is -2.22. The number of nitrogens with zero attached hydrogens (tertiary/aromatic N) is 1. The van der Waals surface area contributed by atoms with Crippen LogP contribution in [0.4, 0.5) is 11.4 Å². The van der Waals surface area contributed by atoms with Gasteiger partial charge in [0.25, 0.3) is 17.7 Å². The summed E-state index contributed by atoms with van der Waals surface area (Å²) in [6.07, 6.45) is 5.96. The third-order valence-corrected chi connectivity index (χ3v) is 6.51. The topological polar surface area (TPSA) is 105 Å². The number of hydrogen-bond donors (Lipinski definition) is 2. The Bertz CT molecular complexity index is 1220. The Morgan fingerprint density at radius 2 is 1.78 bits per heavy atom. The van der Waals surface area contributed by atoms with Crippen LogP contribution in [0, 0.1) is 0 Å². The number of imide groups is 1. The van der Waals surface area contributed by atoms with Gasteiger partial charge in [-0.05, 0) is 49.6 Å². The molecule has 3 amide bonds. The molecule has 2 N–H and O–H groups in total. The summed E-state index contributed by atoms with van der Waals surface area (Å²) < 4.78 is 5.20. The van der Waals surface area contributed by atoms with Crippen molar-refractivity contribution in [1.82, 2.24) is 5.32 Å². The van der Waals surface area contributed by atoms with E-state index in [0.717, 1.165) is 30.6 Å². The monoisotopic (exact) mass is 509 g/mol. The first kappa shape index (κ1) is 25.4. The maximum atomic E-state index is 13.3. The van der Waals surface area contributed by atoms with Gasteiger partial charge in [0, 0.05) is 17.3 Å². The van der Waals surface area contributed by atoms with E-state index in [2.05, 4.69) is 10.6 Å². The summed E-state index contributed by atoms with van der Waals surface area (Å²) in [6, 6.07) is 13.0. The third kappa shape index (κ3) is 5.44. The number of esters is 1. The molecule has 188 valence electrons. The van der Waals surface area contributed by atoms with E-state index in [1.807, 2.05) is 6.92 Å². The van der Waals surface area contributed by atoms with Crippen LogP contribution in [-0.2, 0) is 14.3 Å². The lowest BCUT2D eigenvalue weighted by Crippen LogP contribution is -2.36. The first-order valence-electron chi connectivity index (χ1n) is 12.1. The van der Waals surface area contributed by atoms with Crippen LogP contribution in [0.15, 0.2) is 59.3 Å². The Morgan fingerprint density at radius 3 is 2.53 bits per heavy atom. The highest BCUT2D eigenvalue weighted by Gasteiger charge is 2.40. The quantitative estimate of drug-likeness (QED) is 0.393. The van der Waals surface area contributed by atoms with E-state index in [1.165, 1.54) is 18.6 Å². The molecule has 0 radical (unpaired) electrons. The van der Waals surface area contributed by atoms with Gasteiger partial charge in [-0.1, -0.05) is 56.0 Å². The SMILES string of the molecule is CCCOC(=O)c1ccccc1N1C(=O)C(Cl)=C(Nc2cccc(C(=O)NC3CCCCC3)c2)C1=O. The second-order valence-electron chi connectivity index (χ2n) is 8.80. The molecule has 0 spiro atoms. The fraction of sp³-hybridized carbons (Fsp3) is 0.333. The molecule has 0 atom stereocenters. The van der Waals surface area contributed by atoms with E-state index in [4.69, 9.17) is 16.3 Å². The van der Waals surface area contributed by atoms with Gasteiger partial charge < -0.3 is 15.4 Å². The van der Waals surface area contributed by atoms with E-state index in [1.54, 1.807) is 36.4 Å². The van der Waals surface area contributed by atoms with Gasteiger partial charge in [-0.15, -0.1) is 0 Å². The minimum atomic E-state index is -0.758. The largest absolute Gasteiger partial charge is 0.462 e. The first-order chi connectivity index (χ1) is 17.4. The summed E-state index contributed by atoms with van der Waals surface area (Å²) in [4.78, 5) is 52.4. The number of carbonyl (C=O) groups excluding carboxylic acids is 4. The zero-order valence-electron chi connectivity index (χ0n) is 20.0. The molecule has 2 aliphatic rings. The highest BCUT2D eigenvalue weighted by Crippen LogP contribution is 2.32. The molecule has 1 aliphatic heterocycles. The van der Waals surface area contributed by atoms with Crippen molar-refractivity contribution in [3.05, 3.63) is 70.4 Å². The lowest BCUT2D eigenvalue weighted by molar-refractivity contribution is -0.120. The average Bonchev–Trinajstić information content (AvgIpc) is 3.10. The minimum absolute atomic E-state index is 0.0831. The molecule has 0 saturated heterocycles. The van der Waals surface area contributed by atoms with Crippen LogP contribution in [0.5, 0.6) is 0 Å². The molecule has 1 heterocycles. The van der Waals surface area contributed by atoms with Crippen molar-refractivity contribution >= 4 is 46.7 Å². The fourth-order valence-electron chi connectivity index (χ4n) is 4.34. The third-order valence-electron chi connectivity index (χ3n) is 6.16. The van der Waals surface area contributed by atoms with Crippen molar-refractivity contribution in [3.63, 3.8) is 0 Å². The number of halogens is 1. The number of ether oxygens (including phenoxy) is 1. The molecule has 2 aromatic rings. The molecule has 1 saturated carbocycles. The van der Waals surface area contributed by atoms with Gasteiger partial charge in [0.15, 0.2) is 0 Å². The Labute approximate surface area is 214 Å². The van der Waals surface area contributed by atoms with E-state index >= 15 is 0 Å². The normalized spacial score (nSPS) is 16.3. The average molecular weight is 510 g/mol. The van der Waals surface area contributed by atoms with Crippen molar-refractivity contribution in [1.29, 1.82) is 0 Å². The van der Waals surface area contributed by atoms with E-state index in [-0.39, 0.29) is 40.5 Å². The van der Waals surface area contributed by atoms with E-state index < -0.39 is 17.8 Å². The maximum absolute atomic E-state index is 13.3. The van der Waals surface area contributed by atoms with Gasteiger partial charge in [0.05, 0.1) is 17.9 Å². The van der Waals surface area contributed by atoms with Gasteiger partial charge in [-0.25, -0.2) is 9.69 Å². The number of para-hydroxylation sites is 1. The van der Waals surface area contributed by atoms with Crippen molar-refractivity contribution in [3.8, 4) is 0 Å². The number of benzene rings is 2. The number of rotatable bonds is 8. The van der Waals surface area contributed by atoms with Gasteiger partial charge in [0.2, 0.25) is 0 Å². The first-order valence-corrected chi connectivity index (χ1v) is 12.5. The summed E-state index contributed by atoms with van der Waals surface area (Å²) in [6.45, 7) is 2.08. The zero-order valence-corrected chi connectivity index (χ0v) is 20.8. The maximum Gasteiger partial charge on any atom is 0.340 e. The van der Waals surface area contributed by atoms with Crippen LogP contribution in [-0.4, -0.2) is 36.3 Å². The molecule has 2 aromatic carbocycles. The summed E-state index contributed by atoms with van der Waals surface area (Å²) in [5.74, 6) is -2.30. The smallest absolute Gasteiger partial charge is 0.340 e. The molecule has 9 heteroatoms. The molecule has 8 nitrogen and oxygen atoms in total. The van der Waals surface area contributed by atoms with Gasteiger partial charge in [0.1, 0.15) is 10.7 Å². The Balaban J connectivity index is 1.53. The predicted molar refractivity (Wildman–Crippen MR) is 137 cm³/mol. The summed E-state index contributed by atoms with van der Waals surface area (Å²) in [5, 5.41) is 5.64. The number of anilines is 2. The number of amides is 3. The van der Waals surface area contributed by atoms with Crippen molar-refractivity contribution < 1.29 is 23.9 Å². The van der Waals surface area contributed by atoms with Crippen molar-refractivity contribution in [2.24, 2.45) is 0 Å². The minimum Gasteiger partial charge on any atom is -0.462 e. The van der Waals surface area contributed by atoms with Crippen LogP contribution < -0.4 is 15.5 Å². The second-order valence-corrected chi connectivity index (χ2v) is 9.18. The molecule has 0 bridgehead atoms. The van der Waals surface area contributed by atoms with Gasteiger partial charge in [-0.2, -0.15) is 0 Å². The van der Waals surface area contributed by atoms with Crippen molar-refractivity contribution in [2.45, 2.75) is 51.5 Å². The van der Waals surface area contributed by atoms with Gasteiger partial charge in [-0.3, -0.25) is 14.4 Å². The highest BCUT2D eigenvalue weighted by molar-refractivity contribution is 6.53. The molecule has 1 aliphatic carbocycles. The molecule has 4 rings (SSSR count). The van der Waals surface area contributed by atoms with Gasteiger partial charge >= 0.3 is 5.97 Å². The molecule has 0 aromatic heterocycles.